The van der Waals surface area contributed by atoms with Gasteiger partial charge in [0.2, 0.25) is 0 Å². The van der Waals surface area contributed by atoms with Crippen LogP contribution in [-0.2, 0) is 15.7 Å². The van der Waals surface area contributed by atoms with Crippen molar-refractivity contribution in [1.29, 1.82) is 0 Å². The minimum Gasteiger partial charge on any atom is -0.458 e. The Bertz CT molecular complexity index is 935. The van der Waals surface area contributed by atoms with Crippen molar-refractivity contribution >= 4 is 12.2 Å². The molecule has 1 atom stereocenters. The van der Waals surface area contributed by atoms with E-state index in [0.717, 1.165) is 44.4 Å². The van der Waals surface area contributed by atoms with Crippen LogP contribution in [0.4, 0.5) is 18.9 Å². The van der Waals surface area contributed by atoms with Crippen molar-refractivity contribution in [2.75, 3.05) is 13.1 Å². The van der Waals surface area contributed by atoms with Crippen LogP contribution in [0.1, 0.15) is 36.6 Å². The van der Waals surface area contributed by atoms with Crippen molar-refractivity contribution in [3.63, 3.8) is 0 Å². The van der Waals surface area contributed by atoms with Gasteiger partial charge in [-0.1, -0.05) is 12.1 Å². The fourth-order valence-electron chi connectivity index (χ4n) is 3.47. The molecule has 1 aromatic carbocycles. The zero-order valence-electron chi connectivity index (χ0n) is 16.2. The zero-order valence-corrected chi connectivity index (χ0v) is 16.2. The van der Waals surface area contributed by atoms with E-state index in [1.54, 1.807) is 0 Å². The summed E-state index contributed by atoms with van der Waals surface area (Å²) in [5.74, 6) is -1.19. The highest BCUT2D eigenvalue weighted by atomic mass is 19.4. The number of hydrogen-bond acceptors (Lipinski definition) is 8. The first-order valence-electron chi connectivity index (χ1n) is 9.44. The number of rotatable bonds is 8. The number of para-hydroxylation sites is 1. The lowest BCUT2D eigenvalue weighted by Crippen LogP contribution is -2.29. The third-order valence-corrected chi connectivity index (χ3v) is 4.93. The monoisotopic (exact) mass is 440 g/mol. The highest BCUT2D eigenvalue weighted by Crippen LogP contribution is 2.41. The number of aromatic nitrogens is 2. The number of nitro groups is 1. The number of ether oxygens (including phenoxy) is 2. The minimum atomic E-state index is -4.74. The van der Waals surface area contributed by atoms with Gasteiger partial charge in [-0.05, 0) is 50.4 Å². The third kappa shape index (κ3) is 5.45. The van der Waals surface area contributed by atoms with Gasteiger partial charge in [-0.15, -0.1) is 0 Å². The molecule has 1 aliphatic rings. The molecule has 0 bridgehead atoms. The van der Waals surface area contributed by atoms with Crippen molar-refractivity contribution in [1.82, 2.24) is 15.3 Å². The van der Waals surface area contributed by atoms with E-state index in [9.17, 15) is 28.1 Å². The molecule has 3 rings (SSSR count). The Balaban J connectivity index is 1.99. The van der Waals surface area contributed by atoms with Crippen LogP contribution in [0, 0.1) is 16.0 Å². The molecule has 0 amide bonds. The van der Waals surface area contributed by atoms with Crippen molar-refractivity contribution < 1.29 is 32.4 Å². The molecule has 12 heteroatoms. The number of halogens is 3. The minimum absolute atomic E-state index is 0.121. The third-order valence-electron chi connectivity index (χ3n) is 4.93. The van der Waals surface area contributed by atoms with E-state index in [4.69, 9.17) is 9.47 Å². The van der Waals surface area contributed by atoms with Gasteiger partial charge < -0.3 is 14.8 Å². The lowest BCUT2D eigenvalue weighted by atomic mass is 9.90. The summed E-state index contributed by atoms with van der Waals surface area (Å²) < 4.78 is 50.1. The maximum absolute atomic E-state index is 13.3. The Morgan fingerprint density at radius 1 is 1.26 bits per heavy atom. The number of hydrogen-bond donors (Lipinski definition) is 1. The van der Waals surface area contributed by atoms with Crippen LogP contribution in [-0.4, -0.2) is 34.5 Å². The van der Waals surface area contributed by atoms with Crippen LogP contribution < -0.4 is 10.1 Å². The van der Waals surface area contributed by atoms with E-state index in [1.165, 1.54) is 12.1 Å². The molecule has 1 fully saturated rings. The first kappa shape index (κ1) is 22.4. The van der Waals surface area contributed by atoms with Crippen molar-refractivity contribution in [2.24, 2.45) is 5.92 Å². The van der Waals surface area contributed by atoms with Crippen LogP contribution in [0.15, 0.2) is 30.6 Å². The van der Waals surface area contributed by atoms with E-state index >= 15 is 0 Å². The highest BCUT2D eigenvalue weighted by Gasteiger charge is 2.37. The van der Waals surface area contributed by atoms with Gasteiger partial charge in [-0.3, -0.25) is 14.9 Å². The summed E-state index contributed by atoms with van der Waals surface area (Å²) in [6.07, 6.45) is -3.04. The quantitative estimate of drug-likeness (QED) is 0.374. The molecular weight excluding hydrogens is 421 g/mol. The number of nitrogens with one attached hydrogen (secondary N) is 1. The fraction of sp³-hybridized carbons (Fsp3) is 0.421. The van der Waals surface area contributed by atoms with Crippen LogP contribution >= 0.6 is 0 Å². The molecule has 0 saturated carbocycles. The molecule has 31 heavy (non-hydrogen) atoms. The van der Waals surface area contributed by atoms with Gasteiger partial charge in [-0.25, -0.2) is 4.98 Å². The molecule has 0 aliphatic carbocycles. The summed E-state index contributed by atoms with van der Waals surface area (Å²) in [6, 6.07) is 4.29. The summed E-state index contributed by atoms with van der Waals surface area (Å²) in [5.41, 5.74) is -2.09. The van der Waals surface area contributed by atoms with E-state index in [-0.39, 0.29) is 24.5 Å². The molecule has 0 radical (unpaired) electrons. The predicted octanol–water partition coefficient (Wildman–Crippen LogP) is 3.80. The standard InChI is InChI=1S/C19H19F3N4O5/c20-19(21,22)13-3-1-2-4-14(13)31-18-17(26(28)29)16(24-10-25-18)15(30-11-27)9-12-5-7-23-8-6-12/h1-4,10-12,15,23H,5-9H2. The molecule has 1 unspecified atom stereocenters. The molecule has 1 N–H and O–H groups in total. The van der Waals surface area contributed by atoms with Crippen molar-refractivity contribution in [2.45, 2.75) is 31.5 Å². The summed E-state index contributed by atoms with van der Waals surface area (Å²) in [4.78, 5) is 29.5. The lowest BCUT2D eigenvalue weighted by Gasteiger charge is -2.25. The second-order valence-corrected chi connectivity index (χ2v) is 6.92. The van der Waals surface area contributed by atoms with Gasteiger partial charge in [0, 0.05) is 0 Å². The maximum atomic E-state index is 13.3. The molecule has 166 valence electrons. The topological polar surface area (TPSA) is 116 Å². The number of carbonyl (C=O) groups excluding carboxylic acids is 1. The molecular formula is C19H19F3N4O5. The first-order valence-corrected chi connectivity index (χ1v) is 9.44. The average Bonchev–Trinajstić information content (AvgIpc) is 2.73. The van der Waals surface area contributed by atoms with Crippen LogP contribution in [0.25, 0.3) is 0 Å². The molecule has 0 spiro atoms. The fourth-order valence-corrected chi connectivity index (χ4v) is 3.47. The Hall–Kier alpha value is -3.28. The Morgan fingerprint density at radius 2 is 1.97 bits per heavy atom. The average molecular weight is 440 g/mol. The Morgan fingerprint density at radius 3 is 2.61 bits per heavy atom. The van der Waals surface area contributed by atoms with Crippen LogP contribution in [0.3, 0.4) is 0 Å². The second kappa shape index (κ2) is 9.69. The smallest absolute Gasteiger partial charge is 0.419 e. The van der Waals surface area contributed by atoms with Gasteiger partial charge in [-0.2, -0.15) is 18.2 Å². The van der Waals surface area contributed by atoms with Gasteiger partial charge in [0.1, 0.15) is 12.1 Å². The molecule has 2 heterocycles. The summed E-state index contributed by atoms with van der Waals surface area (Å²) in [5, 5.41) is 15.0. The highest BCUT2D eigenvalue weighted by molar-refractivity contribution is 5.50. The summed E-state index contributed by atoms with van der Waals surface area (Å²) in [6.45, 7) is 1.68. The Labute approximate surface area is 174 Å². The van der Waals surface area contributed by atoms with E-state index in [0.29, 0.717) is 0 Å². The SMILES string of the molecule is O=COC(CC1CCNCC1)c1ncnc(Oc2ccccc2C(F)(F)F)c1[N+](=O)[O-]. The normalized spacial score (nSPS) is 15.8. The summed E-state index contributed by atoms with van der Waals surface area (Å²) >= 11 is 0. The van der Waals surface area contributed by atoms with Gasteiger partial charge in [0.05, 0.1) is 10.5 Å². The number of benzene rings is 1. The van der Waals surface area contributed by atoms with Crippen molar-refractivity contribution in [3.05, 3.63) is 52.0 Å². The molecule has 1 aromatic heterocycles. The number of piperidine rings is 1. The summed E-state index contributed by atoms with van der Waals surface area (Å²) in [7, 11) is 0. The van der Waals surface area contributed by atoms with E-state index in [1.807, 2.05) is 0 Å². The maximum Gasteiger partial charge on any atom is 0.419 e. The van der Waals surface area contributed by atoms with Crippen LogP contribution in [0.2, 0.25) is 0 Å². The lowest BCUT2D eigenvalue weighted by molar-refractivity contribution is -0.387. The molecule has 1 saturated heterocycles. The molecule has 2 aromatic rings. The number of nitrogens with zero attached hydrogens (tertiary/aromatic N) is 3. The van der Waals surface area contributed by atoms with Gasteiger partial charge >= 0.3 is 17.7 Å². The number of carbonyl (C=O) groups is 1. The van der Waals surface area contributed by atoms with E-state index < -0.39 is 40.1 Å². The zero-order chi connectivity index (χ0) is 22.4. The van der Waals surface area contributed by atoms with Gasteiger partial charge in [0.25, 0.3) is 6.47 Å². The Kier molecular flexibility index (Phi) is 7.00. The number of alkyl halides is 3. The van der Waals surface area contributed by atoms with Gasteiger partial charge in [0.15, 0.2) is 11.8 Å². The predicted molar refractivity (Wildman–Crippen MR) is 100 cm³/mol. The van der Waals surface area contributed by atoms with E-state index in [2.05, 4.69) is 15.3 Å². The first-order chi connectivity index (χ1) is 14.8. The second-order valence-electron chi connectivity index (χ2n) is 6.92. The largest absolute Gasteiger partial charge is 0.458 e. The van der Waals surface area contributed by atoms with Crippen LogP contribution in [0.5, 0.6) is 11.6 Å². The molecule has 1 aliphatic heterocycles. The van der Waals surface area contributed by atoms with Crippen molar-refractivity contribution in [3.8, 4) is 11.6 Å². The molecule has 9 nitrogen and oxygen atoms in total.